The molecule has 0 aromatic rings. The van der Waals surface area contributed by atoms with Gasteiger partial charge in [0.15, 0.2) is 0 Å². The third kappa shape index (κ3) is 6.85. The molecule has 1 N–H and O–H groups in total. The fourth-order valence-corrected chi connectivity index (χ4v) is 3.86. The maximum absolute atomic E-state index is 12.2. The Morgan fingerprint density at radius 3 is 1.93 bits per heavy atom. The molecule has 2 saturated heterocycles. The van der Waals surface area contributed by atoms with Crippen LogP contribution in [0.4, 0.5) is 0 Å². The summed E-state index contributed by atoms with van der Waals surface area (Å²) in [6.45, 7) is 2.79. The van der Waals surface area contributed by atoms with Crippen LogP contribution in [0.3, 0.4) is 0 Å². The van der Waals surface area contributed by atoms with Gasteiger partial charge in [-0.3, -0.25) is 14.5 Å². The van der Waals surface area contributed by atoms with Crippen molar-refractivity contribution >= 4 is 35.3 Å². The number of amides is 2. The fraction of sp³-hybridized carbons (Fsp3) is 0.778. The Hall–Kier alpha value is 0.160. The number of rotatable bonds is 11. The van der Waals surface area contributed by atoms with Crippen LogP contribution in [0.5, 0.6) is 0 Å². The molecule has 3 aliphatic heterocycles. The zero-order valence-corrected chi connectivity index (χ0v) is 20.0. The largest absolute Gasteiger partial charge is 0.394 e. The standard InChI is InChI=1S/C13H17NO4S.C5H12O2S.Au/c1-19-7-6-17-5-4-14-12(15)10-8-2-3-9(18-8)11(10)13(14)16;1-8-5-4-7-3-2-6;/h2-3,8-11H,4-7H2,1H3;6H,2-5H2,1H3;. The van der Waals surface area contributed by atoms with Crippen LogP contribution in [-0.4, -0.2) is 97.6 Å². The maximum Gasteiger partial charge on any atom is 0.236 e. The second-order valence-corrected chi connectivity index (χ2v) is 8.24. The van der Waals surface area contributed by atoms with Crippen LogP contribution in [0.1, 0.15) is 0 Å². The Balaban J connectivity index is 0.000000376. The van der Waals surface area contributed by atoms with Crippen LogP contribution in [-0.2, 0) is 46.2 Å². The van der Waals surface area contributed by atoms with E-state index in [1.807, 2.05) is 24.7 Å². The van der Waals surface area contributed by atoms with Crippen molar-refractivity contribution in [2.75, 3.05) is 63.6 Å². The van der Waals surface area contributed by atoms with E-state index in [2.05, 4.69) is 0 Å². The van der Waals surface area contributed by atoms with E-state index in [1.165, 1.54) is 4.90 Å². The van der Waals surface area contributed by atoms with Gasteiger partial charge in [0.25, 0.3) is 0 Å². The number of imide groups is 1. The summed E-state index contributed by atoms with van der Waals surface area (Å²) in [6.07, 6.45) is 7.44. The molecule has 28 heavy (non-hydrogen) atoms. The number of ether oxygens (including phenoxy) is 3. The molecule has 0 saturated carbocycles. The van der Waals surface area contributed by atoms with Gasteiger partial charge in [0.1, 0.15) is 0 Å². The van der Waals surface area contributed by atoms with Crippen LogP contribution in [0.2, 0.25) is 0 Å². The number of likely N-dealkylation sites (tertiary alicyclic amines) is 1. The van der Waals surface area contributed by atoms with Crippen molar-refractivity contribution in [3.05, 3.63) is 12.2 Å². The van der Waals surface area contributed by atoms with Gasteiger partial charge in [-0.1, -0.05) is 12.2 Å². The molecule has 2 fully saturated rings. The summed E-state index contributed by atoms with van der Waals surface area (Å²) in [6, 6.07) is 0. The van der Waals surface area contributed by atoms with Crippen molar-refractivity contribution < 1.29 is 51.3 Å². The zero-order valence-electron chi connectivity index (χ0n) is 16.2. The van der Waals surface area contributed by atoms with Crippen LogP contribution in [0.15, 0.2) is 12.2 Å². The SMILES string of the molecule is CSCCOCCN1C(=O)C2C3C=CC(O3)C2C1=O.CSCCOCCO.[Au]. The minimum absolute atomic E-state index is 0. The maximum atomic E-state index is 12.2. The molecule has 2 amide bonds. The molecular formula is C18H29AuNO6S2. The summed E-state index contributed by atoms with van der Waals surface area (Å²) in [5.74, 6) is 1.15. The predicted octanol–water partition coefficient (Wildman–Crippen LogP) is 0.660. The number of hydrogen-bond donors (Lipinski definition) is 1. The summed E-state index contributed by atoms with van der Waals surface area (Å²) in [5.41, 5.74) is 0. The van der Waals surface area contributed by atoms with E-state index in [-0.39, 0.29) is 64.8 Å². The molecule has 3 aliphatic rings. The van der Waals surface area contributed by atoms with Gasteiger partial charge in [-0.05, 0) is 12.5 Å². The summed E-state index contributed by atoms with van der Waals surface area (Å²) >= 11 is 3.46. The number of thioether (sulfide) groups is 2. The monoisotopic (exact) mass is 616 g/mol. The molecule has 1 radical (unpaired) electrons. The Morgan fingerprint density at radius 2 is 1.46 bits per heavy atom. The zero-order chi connectivity index (χ0) is 19.6. The summed E-state index contributed by atoms with van der Waals surface area (Å²) in [4.78, 5) is 25.8. The normalized spacial score (nSPS) is 26.9. The molecule has 0 aliphatic carbocycles. The first kappa shape index (κ1) is 26.2. The van der Waals surface area contributed by atoms with E-state index in [0.29, 0.717) is 26.4 Å². The number of aliphatic hydroxyl groups excluding tert-OH is 1. The van der Waals surface area contributed by atoms with Gasteiger partial charge in [-0.2, -0.15) is 23.5 Å². The molecule has 4 atom stereocenters. The summed E-state index contributed by atoms with van der Waals surface area (Å²) in [5, 5.41) is 8.23. The van der Waals surface area contributed by atoms with Crippen molar-refractivity contribution in [2.24, 2.45) is 11.8 Å². The van der Waals surface area contributed by atoms with Crippen LogP contribution >= 0.6 is 23.5 Å². The Labute approximate surface area is 190 Å². The molecular weight excluding hydrogens is 587 g/mol. The molecule has 7 nitrogen and oxygen atoms in total. The first-order valence-corrected chi connectivity index (χ1v) is 11.9. The number of nitrogens with zero attached hydrogens (tertiary/aromatic N) is 1. The van der Waals surface area contributed by atoms with Gasteiger partial charge in [0.05, 0.1) is 63.6 Å². The molecule has 3 heterocycles. The number of carbonyl (C=O) groups excluding carboxylic acids is 2. The molecule has 10 heteroatoms. The first-order valence-electron chi connectivity index (χ1n) is 9.09. The summed E-state index contributed by atoms with van der Waals surface area (Å²) < 4.78 is 15.9. The van der Waals surface area contributed by atoms with Gasteiger partial charge in [-0.25, -0.2) is 0 Å². The Morgan fingerprint density at radius 1 is 0.964 bits per heavy atom. The molecule has 2 bridgehead atoms. The Bertz CT molecular complexity index is 488. The average Bonchev–Trinajstić information content (AvgIpc) is 3.35. The van der Waals surface area contributed by atoms with E-state index >= 15 is 0 Å². The first-order chi connectivity index (χ1) is 13.2. The fourth-order valence-electron chi connectivity index (χ4n) is 3.29. The quantitative estimate of drug-likeness (QED) is 0.157. The second kappa shape index (κ2) is 14.2. The topological polar surface area (TPSA) is 85.3 Å². The van der Waals surface area contributed by atoms with E-state index in [4.69, 9.17) is 19.3 Å². The van der Waals surface area contributed by atoms with E-state index in [9.17, 15) is 9.59 Å². The van der Waals surface area contributed by atoms with E-state index in [0.717, 1.165) is 18.1 Å². The molecule has 3 rings (SSSR count). The second-order valence-electron chi connectivity index (χ2n) is 6.26. The molecule has 165 valence electrons. The number of hydrogen-bond acceptors (Lipinski definition) is 8. The van der Waals surface area contributed by atoms with E-state index in [1.54, 1.807) is 23.5 Å². The van der Waals surface area contributed by atoms with Gasteiger partial charge in [0.2, 0.25) is 11.8 Å². The summed E-state index contributed by atoms with van der Waals surface area (Å²) in [7, 11) is 0. The molecule has 0 aromatic heterocycles. The van der Waals surface area contributed by atoms with Crippen molar-refractivity contribution in [1.29, 1.82) is 0 Å². The molecule has 4 unspecified atom stereocenters. The Kier molecular flexibility index (Phi) is 13.3. The van der Waals surface area contributed by atoms with Crippen molar-refractivity contribution in [1.82, 2.24) is 4.90 Å². The molecule has 0 spiro atoms. The average molecular weight is 617 g/mol. The van der Waals surface area contributed by atoms with Crippen molar-refractivity contribution in [3.63, 3.8) is 0 Å². The van der Waals surface area contributed by atoms with Crippen molar-refractivity contribution in [3.8, 4) is 0 Å². The van der Waals surface area contributed by atoms with Crippen LogP contribution < -0.4 is 0 Å². The van der Waals surface area contributed by atoms with Gasteiger partial charge in [0, 0.05) is 33.9 Å². The predicted molar refractivity (Wildman–Crippen MR) is 107 cm³/mol. The minimum Gasteiger partial charge on any atom is -0.394 e. The van der Waals surface area contributed by atoms with Crippen molar-refractivity contribution in [2.45, 2.75) is 12.2 Å². The van der Waals surface area contributed by atoms with E-state index < -0.39 is 0 Å². The number of fused-ring (bicyclic) bond motifs is 5. The smallest absolute Gasteiger partial charge is 0.236 e. The van der Waals surface area contributed by atoms with Gasteiger partial charge in [-0.15, -0.1) is 0 Å². The van der Waals surface area contributed by atoms with Crippen LogP contribution in [0, 0.1) is 11.8 Å². The third-order valence-corrected chi connectivity index (χ3v) is 5.71. The van der Waals surface area contributed by atoms with Gasteiger partial charge >= 0.3 is 0 Å². The number of carbonyl (C=O) groups is 2. The minimum atomic E-state index is -0.298. The molecule has 0 aromatic carbocycles. The van der Waals surface area contributed by atoms with Gasteiger partial charge < -0.3 is 19.3 Å². The third-order valence-electron chi connectivity index (χ3n) is 4.56. The number of aliphatic hydroxyl groups is 1. The van der Waals surface area contributed by atoms with Crippen LogP contribution in [0.25, 0.3) is 0 Å².